The average molecular weight is 442 g/mol. The summed E-state index contributed by atoms with van der Waals surface area (Å²) < 4.78 is 3.63. The minimum Gasteiger partial charge on any atom is -0.362 e. The van der Waals surface area contributed by atoms with E-state index in [0.717, 1.165) is 24.0 Å². The maximum atomic E-state index is 3.66. The number of anilines is 1. The molecule has 0 N–H and O–H groups in total. The number of fused-ring (bicyclic) bond motifs is 2. The van der Waals surface area contributed by atoms with Crippen molar-refractivity contribution >= 4 is 42.6 Å². The number of nitrogens with zero attached hydrogens (tertiary/aromatic N) is 2. The summed E-state index contributed by atoms with van der Waals surface area (Å²) in [6, 6.07) is 28.1. The molecule has 5 rings (SSSR count). The van der Waals surface area contributed by atoms with Crippen molar-refractivity contribution in [3.05, 3.63) is 89.4 Å². The van der Waals surface area contributed by atoms with Crippen LogP contribution in [0.5, 0.6) is 0 Å². The van der Waals surface area contributed by atoms with E-state index in [1.165, 1.54) is 31.2 Å². The van der Waals surface area contributed by atoms with Crippen molar-refractivity contribution < 1.29 is 4.57 Å². The second kappa shape index (κ2) is 8.70. The van der Waals surface area contributed by atoms with Crippen molar-refractivity contribution in [2.75, 3.05) is 17.3 Å². The quantitative estimate of drug-likeness (QED) is 0.166. The van der Waals surface area contributed by atoms with Crippen LogP contribution in [0.25, 0.3) is 10.2 Å². The number of aromatic nitrogens is 1. The minimum atomic E-state index is -0.0566. The topological polar surface area (TPSA) is 7.12 Å². The van der Waals surface area contributed by atoms with Gasteiger partial charge in [-0.1, -0.05) is 65.9 Å². The zero-order valence-corrected chi connectivity index (χ0v) is 19.5. The summed E-state index contributed by atoms with van der Waals surface area (Å²) in [6.07, 6.45) is 0. The lowest BCUT2D eigenvalue weighted by atomic mass is 10.1. The monoisotopic (exact) mass is 441 g/mol. The molecule has 2 heterocycles. The smallest absolute Gasteiger partial charge is 0.315 e. The van der Waals surface area contributed by atoms with Gasteiger partial charge in [-0.2, -0.15) is 4.57 Å². The average Bonchev–Trinajstić information content (AvgIpc) is 3.38. The molecule has 1 unspecified atom stereocenters. The number of benzene rings is 3. The Morgan fingerprint density at radius 3 is 2.52 bits per heavy atom. The van der Waals surface area contributed by atoms with Gasteiger partial charge in [0, 0.05) is 23.4 Å². The van der Waals surface area contributed by atoms with Crippen molar-refractivity contribution in [3.8, 4) is 11.8 Å². The molecule has 2 nitrogen and oxygen atoms in total. The van der Waals surface area contributed by atoms with Crippen LogP contribution < -0.4 is 9.47 Å². The first-order valence-corrected chi connectivity index (χ1v) is 12.9. The number of thiazole rings is 1. The summed E-state index contributed by atoms with van der Waals surface area (Å²) in [5.74, 6) is 8.24. The molecule has 0 saturated carbocycles. The third kappa shape index (κ3) is 3.69. The first-order valence-electron chi connectivity index (χ1n) is 10.7. The predicted octanol–water partition coefficient (Wildman–Crippen LogP) is 5.91. The summed E-state index contributed by atoms with van der Waals surface area (Å²) in [6.45, 7) is 6.37. The van der Waals surface area contributed by atoms with Crippen LogP contribution in [0.15, 0.2) is 83.8 Å². The molecule has 0 aliphatic carbocycles. The fraction of sp³-hybridized carbons (Fsp3) is 0.185. The molecule has 1 aliphatic heterocycles. The van der Waals surface area contributed by atoms with Crippen molar-refractivity contribution in [1.29, 1.82) is 0 Å². The lowest BCUT2D eigenvalue weighted by Gasteiger charge is -2.15. The van der Waals surface area contributed by atoms with Gasteiger partial charge in [-0.15, -0.1) is 10.5 Å². The van der Waals surface area contributed by atoms with Crippen LogP contribution in [0.4, 0.5) is 5.69 Å². The SMILES string of the molecule is CCN1CS(=C(C#Cc2sc3ccccc3[n+]2CC)c2ccccc2)c2ccccc21. The summed E-state index contributed by atoms with van der Waals surface area (Å²) >= 11 is 1.79. The zero-order valence-electron chi connectivity index (χ0n) is 17.8. The molecule has 4 aromatic rings. The van der Waals surface area contributed by atoms with Crippen molar-refractivity contribution in [2.45, 2.75) is 25.3 Å². The molecular weight excluding hydrogens is 416 g/mol. The largest absolute Gasteiger partial charge is 0.362 e. The number of hydrogen-bond acceptors (Lipinski definition) is 2. The summed E-state index contributed by atoms with van der Waals surface area (Å²) in [5.41, 5.74) is 3.86. The van der Waals surface area contributed by atoms with Crippen LogP contribution in [0.2, 0.25) is 0 Å². The molecule has 0 radical (unpaired) electrons. The molecule has 1 atom stereocenters. The Hall–Kier alpha value is -2.87. The minimum absolute atomic E-state index is 0.0566. The first-order chi connectivity index (χ1) is 15.3. The lowest BCUT2D eigenvalue weighted by Crippen LogP contribution is -2.33. The van der Waals surface area contributed by atoms with E-state index in [1.54, 1.807) is 11.3 Å². The Kier molecular flexibility index (Phi) is 5.63. The molecule has 3 aromatic carbocycles. The Bertz CT molecular complexity index is 1340. The number of para-hydroxylation sites is 2. The summed E-state index contributed by atoms with van der Waals surface area (Å²) in [7, 11) is -0.0566. The van der Waals surface area contributed by atoms with E-state index in [2.05, 4.69) is 114 Å². The predicted molar refractivity (Wildman–Crippen MR) is 135 cm³/mol. The van der Waals surface area contributed by atoms with Crippen LogP contribution in [0.3, 0.4) is 0 Å². The molecule has 0 amide bonds. The van der Waals surface area contributed by atoms with Gasteiger partial charge in [-0.3, -0.25) is 0 Å². The number of hydrogen-bond donors (Lipinski definition) is 0. The van der Waals surface area contributed by atoms with E-state index in [1.807, 2.05) is 0 Å². The standard InChI is InChI=1S/C27H25N2S2/c1-3-28-20-31(26-17-11-9-15-23(26)28)25(21-12-6-5-7-13-21)18-19-27-29(4-2)22-14-8-10-16-24(22)30-27/h5-17H,3-4,20H2,1-2H3/q+1. The van der Waals surface area contributed by atoms with Gasteiger partial charge in [0.2, 0.25) is 5.52 Å². The van der Waals surface area contributed by atoms with E-state index in [4.69, 9.17) is 0 Å². The fourth-order valence-corrected chi connectivity index (χ4v) is 7.56. The van der Waals surface area contributed by atoms with Gasteiger partial charge in [0.25, 0.3) is 0 Å². The second-order valence-electron chi connectivity index (χ2n) is 7.41. The molecule has 4 heteroatoms. The highest BCUT2D eigenvalue weighted by molar-refractivity contribution is 8.17. The van der Waals surface area contributed by atoms with Gasteiger partial charge in [0.1, 0.15) is 11.2 Å². The van der Waals surface area contributed by atoms with E-state index in [0.29, 0.717) is 0 Å². The van der Waals surface area contributed by atoms with Crippen molar-refractivity contribution in [3.63, 3.8) is 0 Å². The maximum Gasteiger partial charge on any atom is 0.315 e. The van der Waals surface area contributed by atoms with Gasteiger partial charge in [0.15, 0.2) is 0 Å². The molecule has 0 spiro atoms. The Labute approximate surface area is 190 Å². The molecular formula is C27H25N2S2+. The normalized spacial score (nSPS) is 15.5. The van der Waals surface area contributed by atoms with E-state index >= 15 is 0 Å². The third-order valence-electron chi connectivity index (χ3n) is 5.63. The number of aryl methyl sites for hydroxylation is 1. The summed E-state index contributed by atoms with van der Waals surface area (Å²) in [5, 5.41) is 1.13. The van der Waals surface area contributed by atoms with Gasteiger partial charge in [-0.25, -0.2) is 0 Å². The van der Waals surface area contributed by atoms with E-state index in [-0.39, 0.29) is 10.5 Å². The fourth-order valence-electron chi connectivity index (χ4n) is 4.08. The third-order valence-corrected chi connectivity index (χ3v) is 8.98. The Morgan fingerprint density at radius 1 is 0.968 bits per heavy atom. The summed E-state index contributed by atoms with van der Waals surface area (Å²) in [4.78, 5) is 5.13. The van der Waals surface area contributed by atoms with E-state index < -0.39 is 0 Å². The van der Waals surface area contributed by atoms with Gasteiger partial charge in [-0.05, 0) is 43.5 Å². The maximum absolute atomic E-state index is 3.66. The molecule has 1 aromatic heterocycles. The van der Waals surface area contributed by atoms with Crippen LogP contribution in [-0.2, 0) is 6.54 Å². The highest BCUT2D eigenvalue weighted by Gasteiger charge is 2.24. The highest BCUT2D eigenvalue weighted by Crippen LogP contribution is 2.44. The molecule has 154 valence electrons. The molecule has 1 aliphatic rings. The van der Waals surface area contributed by atoms with Gasteiger partial charge >= 0.3 is 5.01 Å². The molecule has 31 heavy (non-hydrogen) atoms. The first kappa shape index (κ1) is 20.1. The second-order valence-corrected chi connectivity index (χ2v) is 10.3. The Balaban J connectivity index is 1.71. The van der Waals surface area contributed by atoms with Crippen LogP contribution >= 0.6 is 21.8 Å². The van der Waals surface area contributed by atoms with E-state index in [9.17, 15) is 0 Å². The van der Waals surface area contributed by atoms with Crippen LogP contribution in [0.1, 0.15) is 24.4 Å². The van der Waals surface area contributed by atoms with Gasteiger partial charge in [0.05, 0.1) is 16.4 Å². The zero-order chi connectivity index (χ0) is 21.2. The number of rotatable bonds is 3. The highest BCUT2D eigenvalue weighted by atomic mass is 32.2. The lowest BCUT2D eigenvalue weighted by molar-refractivity contribution is -0.665. The molecule has 0 fully saturated rings. The van der Waals surface area contributed by atoms with Crippen molar-refractivity contribution in [1.82, 2.24) is 0 Å². The van der Waals surface area contributed by atoms with Crippen LogP contribution in [-0.4, -0.2) is 17.3 Å². The van der Waals surface area contributed by atoms with Crippen LogP contribution in [0, 0.1) is 11.8 Å². The van der Waals surface area contributed by atoms with Gasteiger partial charge < -0.3 is 4.90 Å². The molecule has 0 saturated heterocycles. The molecule has 0 bridgehead atoms. The van der Waals surface area contributed by atoms with Crippen molar-refractivity contribution in [2.24, 2.45) is 0 Å². The Morgan fingerprint density at radius 2 is 1.71 bits per heavy atom.